The molecule has 0 saturated carbocycles. The minimum Gasteiger partial charge on any atom is -0.360 e. The number of amides is 2. The highest BCUT2D eigenvalue weighted by atomic mass is 35.5. The van der Waals surface area contributed by atoms with Crippen LogP contribution >= 0.6 is 23.2 Å². The van der Waals surface area contributed by atoms with Crippen molar-refractivity contribution in [1.82, 2.24) is 5.16 Å². The predicted molar refractivity (Wildman–Crippen MR) is 125 cm³/mol. The van der Waals surface area contributed by atoms with Crippen LogP contribution in [-0.2, 0) is 0 Å². The summed E-state index contributed by atoms with van der Waals surface area (Å²) < 4.78 is 33.0. The number of aryl methyl sites for hydroxylation is 1. The molecule has 3 aromatic carbocycles. The molecule has 0 radical (unpaired) electrons. The van der Waals surface area contributed by atoms with Crippen LogP contribution in [0.3, 0.4) is 0 Å². The van der Waals surface area contributed by atoms with Crippen molar-refractivity contribution in [1.29, 1.82) is 0 Å². The van der Waals surface area contributed by atoms with Gasteiger partial charge in [0.15, 0.2) is 0 Å². The minimum absolute atomic E-state index is 0.0177. The van der Waals surface area contributed by atoms with Crippen LogP contribution in [0.1, 0.15) is 26.5 Å². The fourth-order valence-electron chi connectivity index (χ4n) is 3.30. The highest BCUT2D eigenvalue weighted by molar-refractivity contribution is 6.39. The summed E-state index contributed by atoms with van der Waals surface area (Å²) in [6, 6.07) is 13.5. The Balaban J connectivity index is 1.68. The molecule has 0 fully saturated rings. The number of nitrogens with zero attached hydrogens (tertiary/aromatic N) is 1. The molecule has 2 N–H and O–H groups in total. The van der Waals surface area contributed by atoms with Gasteiger partial charge in [0.05, 0.1) is 21.3 Å². The summed E-state index contributed by atoms with van der Waals surface area (Å²) in [7, 11) is 0. The molecule has 0 aliphatic carbocycles. The van der Waals surface area contributed by atoms with Crippen LogP contribution in [0.2, 0.25) is 10.0 Å². The van der Waals surface area contributed by atoms with Gasteiger partial charge in [0.2, 0.25) is 0 Å². The molecule has 1 heterocycles. The zero-order chi connectivity index (χ0) is 24.4. The van der Waals surface area contributed by atoms with Crippen LogP contribution in [0.25, 0.3) is 11.3 Å². The average Bonchev–Trinajstić information content (AvgIpc) is 3.16. The van der Waals surface area contributed by atoms with Crippen molar-refractivity contribution < 1.29 is 22.9 Å². The zero-order valence-electron chi connectivity index (χ0n) is 17.5. The van der Waals surface area contributed by atoms with Crippen LogP contribution in [0.4, 0.5) is 20.2 Å². The smallest absolute Gasteiger partial charge is 0.261 e. The van der Waals surface area contributed by atoms with E-state index in [1.807, 2.05) is 0 Å². The standard InChI is InChI=1S/C24H15Cl2F2N3O3/c1-12-19(22(31-34-12)20-15(25)4-2-5-16(20)26)23(32)30-18-7-3-6-17(28)21(18)24(33)29-14-10-8-13(27)9-11-14/h2-11H,1H3,(H,29,33)(H,30,32). The third kappa shape index (κ3) is 4.64. The molecule has 10 heteroatoms. The van der Waals surface area contributed by atoms with Crippen LogP contribution < -0.4 is 10.6 Å². The predicted octanol–water partition coefficient (Wildman–Crippen LogP) is 6.74. The van der Waals surface area contributed by atoms with E-state index in [0.717, 1.165) is 18.2 Å². The maximum Gasteiger partial charge on any atom is 0.261 e. The van der Waals surface area contributed by atoms with Crippen molar-refractivity contribution in [3.05, 3.63) is 99.2 Å². The molecule has 0 bridgehead atoms. The summed E-state index contributed by atoms with van der Waals surface area (Å²) in [6.07, 6.45) is 0. The Labute approximate surface area is 202 Å². The van der Waals surface area contributed by atoms with Crippen LogP contribution in [-0.4, -0.2) is 17.0 Å². The number of carbonyl (C=O) groups excluding carboxylic acids is 2. The maximum atomic E-state index is 14.7. The van der Waals surface area contributed by atoms with Crippen LogP contribution in [0.5, 0.6) is 0 Å². The molecule has 0 aliphatic rings. The van der Waals surface area contributed by atoms with E-state index in [0.29, 0.717) is 5.56 Å². The van der Waals surface area contributed by atoms with Gasteiger partial charge in [-0.25, -0.2) is 8.78 Å². The lowest BCUT2D eigenvalue weighted by Gasteiger charge is -2.13. The molecule has 4 rings (SSSR count). The summed E-state index contributed by atoms with van der Waals surface area (Å²) >= 11 is 12.5. The van der Waals surface area contributed by atoms with E-state index >= 15 is 0 Å². The Morgan fingerprint density at radius 1 is 0.853 bits per heavy atom. The van der Waals surface area contributed by atoms with Crippen LogP contribution in [0, 0.1) is 18.6 Å². The Bertz CT molecular complexity index is 1390. The van der Waals surface area contributed by atoms with Gasteiger partial charge < -0.3 is 15.2 Å². The van der Waals surface area contributed by atoms with Crippen LogP contribution in [0.15, 0.2) is 65.2 Å². The summed E-state index contributed by atoms with van der Waals surface area (Å²) in [4.78, 5) is 26.0. The third-order valence-electron chi connectivity index (χ3n) is 4.88. The van der Waals surface area contributed by atoms with E-state index in [2.05, 4.69) is 15.8 Å². The van der Waals surface area contributed by atoms with Gasteiger partial charge in [-0.15, -0.1) is 0 Å². The van der Waals surface area contributed by atoms with Crippen molar-refractivity contribution in [3.63, 3.8) is 0 Å². The Hall–Kier alpha value is -3.75. The Kier molecular flexibility index (Phi) is 6.63. The number of nitrogens with one attached hydrogen (secondary N) is 2. The van der Waals surface area contributed by atoms with E-state index in [9.17, 15) is 18.4 Å². The van der Waals surface area contributed by atoms with E-state index in [1.165, 1.54) is 31.2 Å². The second kappa shape index (κ2) is 9.62. The number of rotatable bonds is 5. The number of halogens is 4. The summed E-state index contributed by atoms with van der Waals surface area (Å²) in [5.74, 6) is -2.75. The van der Waals surface area contributed by atoms with Crippen molar-refractivity contribution in [2.24, 2.45) is 0 Å². The van der Waals surface area contributed by atoms with Gasteiger partial charge in [0.25, 0.3) is 11.8 Å². The van der Waals surface area contributed by atoms with Gasteiger partial charge in [-0.2, -0.15) is 0 Å². The molecular weight excluding hydrogens is 487 g/mol. The Morgan fingerprint density at radius 3 is 2.15 bits per heavy atom. The summed E-state index contributed by atoms with van der Waals surface area (Å²) in [5, 5.41) is 9.43. The first kappa shape index (κ1) is 23.4. The number of anilines is 2. The fourth-order valence-corrected chi connectivity index (χ4v) is 3.88. The fraction of sp³-hybridized carbons (Fsp3) is 0.0417. The Morgan fingerprint density at radius 2 is 1.47 bits per heavy atom. The highest BCUT2D eigenvalue weighted by Gasteiger charge is 2.26. The minimum atomic E-state index is -0.867. The van der Waals surface area contributed by atoms with E-state index in [1.54, 1.807) is 18.2 Å². The lowest BCUT2D eigenvalue weighted by atomic mass is 10.0. The SMILES string of the molecule is Cc1onc(-c2c(Cl)cccc2Cl)c1C(=O)Nc1cccc(F)c1C(=O)Nc1ccc(F)cc1. The molecule has 0 saturated heterocycles. The van der Waals surface area contributed by atoms with E-state index in [-0.39, 0.29) is 38.4 Å². The van der Waals surface area contributed by atoms with Crippen molar-refractivity contribution >= 4 is 46.4 Å². The molecule has 6 nitrogen and oxygen atoms in total. The molecule has 0 atom stereocenters. The second-order valence-electron chi connectivity index (χ2n) is 7.14. The lowest BCUT2D eigenvalue weighted by Crippen LogP contribution is -2.20. The molecule has 1 aromatic heterocycles. The van der Waals surface area contributed by atoms with Crippen molar-refractivity contribution in [2.45, 2.75) is 6.92 Å². The molecule has 4 aromatic rings. The quantitative estimate of drug-likeness (QED) is 0.317. The molecule has 0 aliphatic heterocycles. The molecule has 0 spiro atoms. The number of carbonyl (C=O) groups is 2. The first-order valence-corrected chi connectivity index (χ1v) is 10.6. The van der Waals surface area contributed by atoms with E-state index in [4.69, 9.17) is 27.7 Å². The normalized spacial score (nSPS) is 10.7. The maximum absolute atomic E-state index is 14.7. The topological polar surface area (TPSA) is 84.2 Å². The summed E-state index contributed by atoms with van der Waals surface area (Å²) in [6.45, 7) is 1.52. The summed E-state index contributed by atoms with van der Waals surface area (Å²) in [5.41, 5.74) is 0.148. The number of aromatic nitrogens is 1. The first-order valence-electron chi connectivity index (χ1n) is 9.83. The van der Waals surface area contributed by atoms with Gasteiger partial charge >= 0.3 is 0 Å². The number of benzene rings is 3. The third-order valence-corrected chi connectivity index (χ3v) is 5.51. The van der Waals surface area contributed by atoms with Crippen molar-refractivity contribution in [3.8, 4) is 11.3 Å². The molecule has 2 amide bonds. The molecule has 34 heavy (non-hydrogen) atoms. The molecule has 0 unspecified atom stereocenters. The largest absolute Gasteiger partial charge is 0.360 e. The first-order chi connectivity index (χ1) is 16.3. The van der Waals surface area contributed by atoms with Gasteiger partial charge in [-0.1, -0.05) is 40.5 Å². The second-order valence-corrected chi connectivity index (χ2v) is 7.95. The molecule has 172 valence electrons. The lowest BCUT2D eigenvalue weighted by molar-refractivity contribution is 0.102. The number of hydrogen-bond acceptors (Lipinski definition) is 4. The van der Waals surface area contributed by atoms with Crippen molar-refractivity contribution in [2.75, 3.05) is 10.6 Å². The highest BCUT2D eigenvalue weighted by Crippen LogP contribution is 2.37. The van der Waals surface area contributed by atoms with Gasteiger partial charge in [-0.05, 0) is 55.5 Å². The zero-order valence-corrected chi connectivity index (χ0v) is 19.0. The van der Waals surface area contributed by atoms with Gasteiger partial charge in [0, 0.05) is 11.3 Å². The average molecular weight is 502 g/mol. The molecular formula is C24H15Cl2F2N3O3. The number of hydrogen-bond donors (Lipinski definition) is 2. The van der Waals surface area contributed by atoms with Gasteiger partial charge in [-0.3, -0.25) is 9.59 Å². The monoisotopic (exact) mass is 501 g/mol. The van der Waals surface area contributed by atoms with E-state index < -0.39 is 29.0 Å². The van der Waals surface area contributed by atoms with Gasteiger partial charge in [0.1, 0.15) is 28.7 Å².